The van der Waals surface area contributed by atoms with Crippen LogP contribution < -0.4 is 0 Å². The zero-order valence-electron chi connectivity index (χ0n) is 18.0. The molecule has 4 nitrogen and oxygen atoms in total. The Morgan fingerprint density at radius 1 is 1.13 bits per heavy atom. The molecule has 0 saturated heterocycles. The summed E-state index contributed by atoms with van der Waals surface area (Å²) in [6.07, 6.45) is 8.86. The minimum Gasteiger partial charge on any atom is -0.294 e. The quantitative estimate of drug-likeness (QED) is 0.636. The summed E-state index contributed by atoms with van der Waals surface area (Å²) >= 11 is 0. The first-order valence-corrected chi connectivity index (χ1v) is 12.4. The highest BCUT2D eigenvalue weighted by molar-refractivity contribution is 7.85. The van der Waals surface area contributed by atoms with Crippen LogP contribution in [0.4, 0.5) is 0 Å². The summed E-state index contributed by atoms with van der Waals surface area (Å²) in [6.45, 7) is 7.14. The molecule has 3 saturated carbocycles. The fourth-order valence-corrected chi connectivity index (χ4v) is 7.37. The van der Waals surface area contributed by atoms with Crippen molar-refractivity contribution in [1.29, 1.82) is 0 Å². The smallest absolute Gasteiger partial charge is 0.294 e. The van der Waals surface area contributed by atoms with Crippen molar-refractivity contribution in [1.82, 2.24) is 0 Å². The average molecular weight is 427 g/mol. The Balaban J connectivity index is 1.64. The summed E-state index contributed by atoms with van der Waals surface area (Å²) < 4.78 is 32.4. The number of ketones is 1. The van der Waals surface area contributed by atoms with Crippen molar-refractivity contribution in [2.75, 3.05) is 0 Å². The third kappa shape index (κ3) is 2.67. The molecular weight excluding hydrogens is 396 g/mol. The third-order valence-corrected chi connectivity index (χ3v) is 10.1. The van der Waals surface area contributed by atoms with Gasteiger partial charge in [-0.25, -0.2) is 0 Å². The van der Waals surface area contributed by atoms with Gasteiger partial charge in [0, 0.05) is 5.41 Å². The largest absolute Gasteiger partial charge is 0.294 e. The molecule has 30 heavy (non-hydrogen) atoms. The highest BCUT2D eigenvalue weighted by Crippen LogP contribution is 2.70. The van der Waals surface area contributed by atoms with Crippen LogP contribution >= 0.6 is 0 Å². The number of allylic oxidation sites excluding steroid dienone is 4. The van der Waals surface area contributed by atoms with E-state index < -0.39 is 10.1 Å². The van der Waals surface area contributed by atoms with Gasteiger partial charge in [0.25, 0.3) is 10.1 Å². The van der Waals surface area contributed by atoms with Crippen molar-refractivity contribution in [3.63, 3.8) is 0 Å². The second-order valence-electron chi connectivity index (χ2n) is 10.8. The number of rotatable bonds is 4. The van der Waals surface area contributed by atoms with Gasteiger partial charge in [-0.15, -0.1) is 0 Å². The molecule has 0 aliphatic heterocycles. The SMILES string of the molecule is CC12CCC(CC1=C(CC13CCC(=CC1=O)C3)c1ccc(S(=O)(=O)O)cc1)C2(C)C. The minimum atomic E-state index is -4.22. The highest BCUT2D eigenvalue weighted by Gasteiger charge is 2.60. The number of benzene rings is 1. The van der Waals surface area contributed by atoms with E-state index in [4.69, 9.17) is 0 Å². The van der Waals surface area contributed by atoms with E-state index in [2.05, 4.69) is 20.8 Å². The average Bonchev–Trinajstić information content (AvgIpc) is 3.34. The first kappa shape index (κ1) is 20.2. The monoisotopic (exact) mass is 426 g/mol. The van der Waals surface area contributed by atoms with Crippen LogP contribution in [0.1, 0.15) is 71.3 Å². The van der Waals surface area contributed by atoms with E-state index in [0.717, 1.165) is 44.1 Å². The fourth-order valence-electron chi connectivity index (χ4n) is 6.89. The van der Waals surface area contributed by atoms with Crippen molar-refractivity contribution in [2.45, 2.75) is 70.6 Å². The molecule has 3 unspecified atom stereocenters. The van der Waals surface area contributed by atoms with E-state index >= 15 is 0 Å². The van der Waals surface area contributed by atoms with Crippen LogP contribution in [0.25, 0.3) is 5.57 Å². The molecule has 5 heteroatoms. The van der Waals surface area contributed by atoms with E-state index in [0.29, 0.717) is 5.92 Å². The summed E-state index contributed by atoms with van der Waals surface area (Å²) in [5.74, 6) is 0.919. The third-order valence-electron chi connectivity index (χ3n) is 9.28. The molecule has 4 aliphatic carbocycles. The van der Waals surface area contributed by atoms with Crippen LogP contribution in [-0.4, -0.2) is 18.8 Å². The second-order valence-corrected chi connectivity index (χ2v) is 12.2. The van der Waals surface area contributed by atoms with Crippen molar-refractivity contribution in [3.05, 3.63) is 47.1 Å². The predicted octanol–water partition coefficient (Wildman–Crippen LogP) is 5.60. The molecule has 3 fully saturated rings. The van der Waals surface area contributed by atoms with Gasteiger partial charge < -0.3 is 0 Å². The number of carbonyl (C=O) groups excluding carboxylic acids is 1. The summed E-state index contributed by atoms with van der Waals surface area (Å²) in [5.41, 5.74) is 4.97. The van der Waals surface area contributed by atoms with Crippen LogP contribution in [-0.2, 0) is 14.9 Å². The minimum absolute atomic E-state index is 0.0880. The summed E-state index contributed by atoms with van der Waals surface area (Å²) in [5, 5.41) is 0. The lowest BCUT2D eigenvalue weighted by Gasteiger charge is -2.38. The Kier molecular flexibility index (Phi) is 4.15. The lowest BCUT2D eigenvalue weighted by Crippen LogP contribution is -2.30. The Morgan fingerprint density at radius 3 is 2.30 bits per heavy atom. The number of hydrogen-bond donors (Lipinski definition) is 1. The summed E-state index contributed by atoms with van der Waals surface area (Å²) in [7, 11) is -4.22. The lowest BCUT2D eigenvalue weighted by atomic mass is 9.66. The van der Waals surface area contributed by atoms with Gasteiger partial charge in [0.15, 0.2) is 5.78 Å². The highest BCUT2D eigenvalue weighted by atomic mass is 32.2. The molecule has 4 bridgehead atoms. The normalized spacial score (nSPS) is 35.8. The first-order valence-electron chi connectivity index (χ1n) is 11.0. The molecule has 0 heterocycles. The van der Waals surface area contributed by atoms with Crippen LogP contribution in [0, 0.1) is 22.2 Å². The molecule has 4 aliphatic rings. The number of carbonyl (C=O) groups is 1. The molecule has 160 valence electrons. The van der Waals surface area contributed by atoms with E-state index in [1.165, 1.54) is 35.3 Å². The van der Waals surface area contributed by atoms with E-state index in [1.54, 1.807) is 0 Å². The van der Waals surface area contributed by atoms with Gasteiger partial charge in [-0.2, -0.15) is 8.42 Å². The Morgan fingerprint density at radius 2 is 1.83 bits per heavy atom. The van der Waals surface area contributed by atoms with Crippen molar-refractivity contribution in [2.24, 2.45) is 22.2 Å². The molecule has 1 N–H and O–H groups in total. The number of fused-ring (bicyclic) bond motifs is 4. The molecule has 0 radical (unpaired) electrons. The zero-order valence-corrected chi connectivity index (χ0v) is 18.8. The van der Waals surface area contributed by atoms with E-state index in [9.17, 15) is 17.8 Å². The number of hydrogen-bond acceptors (Lipinski definition) is 3. The second kappa shape index (κ2) is 6.17. The van der Waals surface area contributed by atoms with Crippen molar-refractivity contribution < 1.29 is 17.8 Å². The topological polar surface area (TPSA) is 71.4 Å². The maximum absolute atomic E-state index is 12.9. The Hall–Kier alpha value is -1.72. The van der Waals surface area contributed by atoms with Gasteiger partial charge in [-0.05, 0) is 91.0 Å². The molecule has 0 spiro atoms. The predicted molar refractivity (Wildman–Crippen MR) is 116 cm³/mol. The van der Waals surface area contributed by atoms with Gasteiger partial charge in [0.1, 0.15) is 0 Å². The van der Waals surface area contributed by atoms with Crippen LogP contribution in [0.2, 0.25) is 0 Å². The maximum atomic E-state index is 12.9. The Bertz CT molecular complexity index is 1110. The standard InChI is InChI=1S/C25H30O4S/c1-23(2)18-9-10-24(23,3)21(13-18)20(15-25-11-8-16(14-25)12-22(25)26)17-4-6-19(7-5-17)30(27,28)29/h4-7,12,18H,8-11,13-15H2,1-3H3,(H,27,28,29). The first-order chi connectivity index (χ1) is 14.0. The van der Waals surface area contributed by atoms with Gasteiger partial charge in [0.2, 0.25) is 0 Å². The van der Waals surface area contributed by atoms with Crippen LogP contribution in [0.5, 0.6) is 0 Å². The fraction of sp³-hybridized carbons (Fsp3) is 0.560. The molecular formula is C25H30O4S. The molecule has 5 rings (SSSR count). The van der Waals surface area contributed by atoms with E-state index in [-0.39, 0.29) is 26.9 Å². The van der Waals surface area contributed by atoms with Gasteiger partial charge in [0.05, 0.1) is 4.90 Å². The van der Waals surface area contributed by atoms with Crippen LogP contribution in [0.3, 0.4) is 0 Å². The van der Waals surface area contributed by atoms with Crippen molar-refractivity contribution >= 4 is 21.5 Å². The van der Waals surface area contributed by atoms with Gasteiger partial charge >= 0.3 is 0 Å². The van der Waals surface area contributed by atoms with Gasteiger partial charge in [-0.3, -0.25) is 9.35 Å². The molecule has 3 atom stereocenters. The maximum Gasteiger partial charge on any atom is 0.294 e. The van der Waals surface area contributed by atoms with Crippen molar-refractivity contribution in [3.8, 4) is 0 Å². The lowest BCUT2D eigenvalue weighted by molar-refractivity contribution is -0.122. The summed E-state index contributed by atoms with van der Waals surface area (Å²) in [4.78, 5) is 12.8. The zero-order chi connectivity index (χ0) is 21.5. The molecule has 1 aromatic carbocycles. The van der Waals surface area contributed by atoms with Crippen LogP contribution in [0.15, 0.2) is 46.4 Å². The van der Waals surface area contributed by atoms with Gasteiger partial charge in [-0.1, -0.05) is 44.1 Å². The molecule has 1 aromatic rings. The molecule has 0 aromatic heterocycles. The van der Waals surface area contributed by atoms with E-state index in [1.807, 2.05) is 18.2 Å². The molecule has 0 amide bonds. The Labute approximate surface area is 179 Å². The summed E-state index contributed by atoms with van der Waals surface area (Å²) in [6, 6.07) is 6.59.